The highest BCUT2D eigenvalue weighted by Gasteiger charge is 2.21. The molecule has 0 aliphatic carbocycles. The Morgan fingerprint density at radius 1 is 1.50 bits per heavy atom. The number of hydrogen-bond acceptors (Lipinski definition) is 2. The van der Waals surface area contributed by atoms with E-state index in [-0.39, 0.29) is 0 Å². The number of pyridine rings is 1. The fourth-order valence-corrected chi connectivity index (χ4v) is 0.826. The summed E-state index contributed by atoms with van der Waals surface area (Å²) in [6.45, 7) is 0. The van der Waals surface area contributed by atoms with Crippen LogP contribution in [0.3, 0.4) is 0 Å². The molecule has 0 amide bonds. The molecule has 1 rings (SSSR count). The fraction of sp³-hybridized carbons (Fsp3) is 0.167. The molecule has 0 aliphatic rings. The lowest BCUT2D eigenvalue weighted by molar-refractivity contribution is 0.142. The largest absolute Gasteiger partial charge is 0.506 e. The molecule has 0 atom stereocenters. The van der Waals surface area contributed by atoms with E-state index in [1.807, 2.05) is 0 Å². The second-order valence-electron chi connectivity index (χ2n) is 1.96. The van der Waals surface area contributed by atoms with Gasteiger partial charge < -0.3 is 5.11 Å². The van der Waals surface area contributed by atoms with E-state index in [0.29, 0.717) is 6.20 Å². The summed E-state index contributed by atoms with van der Waals surface area (Å²) in [5, 5.41) is 8.07. The Morgan fingerprint density at radius 3 is 2.50 bits per heavy atom. The molecule has 0 spiro atoms. The van der Waals surface area contributed by atoms with E-state index in [2.05, 4.69) is 4.98 Å². The number of aromatic nitrogens is 1. The molecule has 0 bridgehead atoms. The van der Waals surface area contributed by atoms with Gasteiger partial charge in [0.2, 0.25) is 0 Å². The van der Waals surface area contributed by atoms with Crippen molar-refractivity contribution < 1.29 is 18.3 Å². The van der Waals surface area contributed by atoms with Gasteiger partial charge >= 0.3 is 0 Å². The van der Waals surface area contributed by atoms with Gasteiger partial charge in [0.25, 0.3) is 6.43 Å². The predicted octanol–water partition coefficient (Wildman–Crippen LogP) is 2.52. The molecule has 1 aromatic heterocycles. The van der Waals surface area contributed by atoms with Gasteiger partial charge in [0.05, 0.1) is 11.8 Å². The van der Waals surface area contributed by atoms with E-state index in [9.17, 15) is 13.2 Å². The van der Waals surface area contributed by atoms with Gasteiger partial charge in [-0.2, -0.15) is 0 Å². The van der Waals surface area contributed by atoms with Crippen LogP contribution in [-0.4, -0.2) is 10.1 Å². The zero-order chi connectivity index (χ0) is 9.30. The number of alkyl halides is 2. The molecule has 2 nitrogen and oxygen atoms in total. The zero-order valence-electron chi connectivity index (χ0n) is 5.56. The monoisotopic (exact) mass is 197 g/mol. The number of aromatic hydroxyl groups is 1. The molecule has 66 valence electrons. The van der Waals surface area contributed by atoms with Gasteiger partial charge in [-0.3, -0.25) is 0 Å². The van der Waals surface area contributed by atoms with Gasteiger partial charge in [-0.05, 0) is 0 Å². The fourth-order valence-electron chi connectivity index (χ4n) is 0.675. The average molecular weight is 198 g/mol. The van der Waals surface area contributed by atoms with Crippen LogP contribution in [0.15, 0.2) is 6.20 Å². The quantitative estimate of drug-likeness (QED) is 0.702. The number of rotatable bonds is 1. The molecule has 0 saturated carbocycles. The van der Waals surface area contributed by atoms with Gasteiger partial charge in [-0.1, -0.05) is 11.6 Å². The van der Waals surface area contributed by atoms with Gasteiger partial charge in [0.1, 0.15) is 5.75 Å². The first-order valence-corrected chi connectivity index (χ1v) is 3.23. The molecule has 0 saturated heterocycles. The molecule has 1 aromatic rings. The Bertz CT molecular complexity index is 305. The molecule has 1 heterocycles. The summed E-state index contributed by atoms with van der Waals surface area (Å²) < 4.78 is 36.6. The van der Waals surface area contributed by atoms with Crippen LogP contribution in [0.1, 0.15) is 12.0 Å². The second-order valence-corrected chi connectivity index (χ2v) is 2.32. The maximum absolute atomic E-state index is 12.7. The van der Waals surface area contributed by atoms with Crippen LogP contribution in [0.5, 0.6) is 5.75 Å². The van der Waals surface area contributed by atoms with Crippen molar-refractivity contribution in [3.05, 3.63) is 22.7 Å². The van der Waals surface area contributed by atoms with Crippen molar-refractivity contribution >= 4 is 11.6 Å². The minimum absolute atomic E-state index is 0.674. The third-order valence-electron chi connectivity index (χ3n) is 1.21. The lowest BCUT2D eigenvalue weighted by Crippen LogP contribution is -1.94. The molecule has 0 fully saturated rings. The first-order valence-electron chi connectivity index (χ1n) is 2.85. The molecule has 12 heavy (non-hydrogen) atoms. The zero-order valence-corrected chi connectivity index (χ0v) is 6.32. The number of hydrogen-bond donors (Lipinski definition) is 1. The summed E-state index contributed by atoms with van der Waals surface area (Å²) in [4.78, 5) is 3.13. The second kappa shape index (κ2) is 3.18. The summed E-state index contributed by atoms with van der Waals surface area (Å²) in [5.41, 5.74) is -1.12. The minimum atomic E-state index is -3.11. The molecule has 1 N–H and O–H groups in total. The summed E-state index contributed by atoms with van der Waals surface area (Å²) in [6, 6.07) is 0. The van der Waals surface area contributed by atoms with E-state index in [1.165, 1.54) is 0 Å². The van der Waals surface area contributed by atoms with E-state index >= 15 is 0 Å². The Balaban J connectivity index is 3.33. The molecule has 0 aliphatic heterocycles. The normalized spacial score (nSPS) is 10.8. The van der Waals surface area contributed by atoms with Crippen molar-refractivity contribution in [2.45, 2.75) is 6.43 Å². The van der Waals surface area contributed by atoms with E-state index < -0.39 is 28.7 Å². The smallest absolute Gasteiger partial charge is 0.270 e. The average Bonchev–Trinajstić information content (AvgIpc) is 1.97. The summed E-state index contributed by atoms with van der Waals surface area (Å²) in [5.74, 6) is -2.28. The predicted molar refractivity (Wildman–Crippen MR) is 35.8 cm³/mol. The Kier molecular flexibility index (Phi) is 2.42. The number of nitrogens with zero attached hydrogens (tertiary/aromatic N) is 1. The van der Waals surface area contributed by atoms with Crippen molar-refractivity contribution in [1.82, 2.24) is 4.98 Å². The van der Waals surface area contributed by atoms with Crippen LogP contribution >= 0.6 is 11.6 Å². The van der Waals surface area contributed by atoms with Crippen molar-refractivity contribution in [3.8, 4) is 5.75 Å². The Hall–Kier alpha value is -0.970. The first-order chi connectivity index (χ1) is 5.54. The standard InChI is InChI=1S/C6H3ClF3NO/c7-5-4(8)3(6(9)10)2(12)1-11-5/h1,6,12H. The molecule has 0 aromatic carbocycles. The van der Waals surface area contributed by atoms with E-state index in [1.54, 1.807) is 0 Å². The van der Waals surface area contributed by atoms with Crippen LogP contribution in [0.25, 0.3) is 0 Å². The van der Waals surface area contributed by atoms with Gasteiger partial charge in [-0.25, -0.2) is 18.2 Å². The molecule has 6 heteroatoms. The highest BCUT2D eigenvalue weighted by Crippen LogP contribution is 2.32. The van der Waals surface area contributed by atoms with Crippen LogP contribution in [0.2, 0.25) is 5.15 Å². The maximum atomic E-state index is 12.7. The van der Waals surface area contributed by atoms with Crippen molar-refractivity contribution in [2.24, 2.45) is 0 Å². The summed E-state index contributed by atoms with van der Waals surface area (Å²) in [7, 11) is 0. The lowest BCUT2D eigenvalue weighted by Gasteiger charge is -2.04. The first kappa shape index (κ1) is 9.12. The van der Waals surface area contributed by atoms with Crippen molar-refractivity contribution in [2.75, 3.05) is 0 Å². The number of halogens is 4. The van der Waals surface area contributed by atoms with Crippen LogP contribution in [0, 0.1) is 5.82 Å². The van der Waals surface area contributed by atoms with E-state index in [0.717, 1.165) is 0 Å². The molecule has 0 radical (unpaired) electrons. The van der Waals surface area contributed by atoms with Crippen molar-refractivity contribution in [1.29, 1.82) is 0 Å². The van der Waals surface area contributed by atoms with E-state index in [4.69, 9.17) is 16.7 Å². The van der Waals surface area contributed by atoms with Crippen LogP contribution < -0.4 is 0 Å². The summed E-state index contributed by atoms with van der Waals surface area (Å²) in [6.07, 6.45) is -2.43. The molecular weight excluding hydrogens is 195 g/mol. The van der Waals surface area contributed by atoms with Crippen LogP contribution in [0.4, 0.5) is 13.2 Å². The maximum Gasteiger partial charge on any atom is 0.270 e. The Labute approximate surface area is 70.6 Å². The van der Waals surface area contributed by atoms with Crippen molar-refractivity contribution in [3.63, 3.8) is 0 Å². The SMILES string of the molecule is Oc1cnc(Cl)c(F)c1C(F)F. The van der Waals surface area contributed by atoms with Crippen LogP contribution in [-0.2, 0) is 0 Å². The summed E-state index contributed by atoms with van der Waals surface area (Å²) >= 11 is 5.10. The van der Waals surface area contributed by atoms with Gasteiger partial charge in [0, 0.05) is 0 Å². The topological polar surface area (TPSA) is 33.1 Å². The van der Waals surface area contributed by atoms with Gasteiger partial charge in [-0.15, -0.1) is 0 Å². The third kappa shape index (κ3) is 1.45. The molecular formula is C6H3ClF3NO. The minimum Gasteiger partial charge on any atom is -0.506 e. The lowest BCUT2D eigenvalue weighted by atomic mass is 10.2. The highest BCUT2D eigenvalue weighted by molar-refractivity contribution is 6.29. The highest BCUT2D eigenvalue weighted by atomic mass is 35.5. The molecule has 0 unspecified atom stereocenters. The Morgan fingerprint density at radius 2 is 2.08 bits per heavy atom. The van der Waals surface area contributed by atoms with Gasteiger partial charge in [0.15, 0.2) is 11.0 Å². The third-order valence-corrected chi connectivity index (χ3v) is 1.48.